The molecule has 0 saturated heterocycles. The smallest absolute Gasteiger partial charge is 0.246 e. The first-order valence-electron chi connectivity index (χ1n) is 6.48. The van der Waals surface area contributed by atoms with Gasteiger partial charge >= 0.3 is 0 Å². The molecule has 104 valence electrons. The normalized spacial score (nSPS) is 13.1. The molecule has 6 nitrogen and oxygen atoms in total. The molecule has 0 N–H and O–H groups in total. The lowest BCUT2D eigenvalue weighted by molar-refractivity contribution is 0.0402. The minimum atomic E-state index is -0.149. The molecule has 2 aromatic heterocycles. The van der Waals surface area contributed by atoms with Crippen LogP contribution < -0.4 is 0 Å². The number of nitrogens with zero attached hydrogens (tertiary/aromatic N) is 4. The molecule has 2 heterocycles. The molecule has 0 radical (unpaired) electrons. The molecule has 19 heavy (non-hydrogen) atoms. The fourth-order valence-electron chi connectivity index (χ4n) is 1.63. The molecule has 0 aliphatic carbocycles. The molecule has 0 fully saturated rings. The largest absolute Gasteiger partial charge is 0.370 e. The lowest BCUT2D eigenvalue weighted by Crippen LogP contribution is -2.08. The SMILES string of the molecule is Cc1nccn1Cc1nc(C(C)OCC(C)C)no1. The van der Waals surface area contributed by atoms with E-state index in [4.69, 9.17) is 9.26 Å². The molecule has 0 spiro atoms. The van der Waals surface area contributed by atoms with Crippen LogP contribution in [0.25, 0.3) is 0 Å². The molecule has 0 bridgehead atoms. The van der Waals surface area contributed by atoms with Crippen molar-refractivity contribution < 1.29 is 9.26 Å². The highest BCUT2D eigenvalue weighted by atomic mass is 16.5. The van der Waals surface area contributed by atoms with Gasteiger partial charge in [0, 0.05) is 19.0 Å². The summed E-state index contributed by atoms with van der Waals surface area (Å²) in [4.78, 5) is 8.50. The van der Waals surface area contributed by atoms with Crippen molar-refractivity contribution in [2.75, 3.05) is 6.61 Å². The van der Waals surface area contributed by atoms with Gasteiger partial charge in [0.05, 0.1) is 0 Å². The Morgan fingerprint density at radius 2 is 2.16 bits per heavy atom. The molecule has 0 aliphatic rings. The molecular weight excluding hydrogens is 244 g/mol. The summed E-state index contributed by atoms with van der Waals surface area (Å²) in [5, 5.41) is 3.96. The molecule has 0 aliphatic heterocycles. The zero-order valence-corrected chi connectivity index (χ0v) is 11.8. The zero-order chi connectivity index (χ0) is 13.8. The second kappa shape index (κ2) is 5.97. The van der Waals surface area contributed by atoms with E-state index in [1.807, 2.05) is 24.6 Å². The number of ether oxygens (including phenoxy) is 1. The lowest BCUT2D eigenvalue weighted by atomic mass is 10.2. The Labute approximate surface area is 112 Å². The Hall–Kier alpha value is -1.69. The van der Waals surface area contributed by atoms with Gasteiger partial charge in [0.25, 0.3) is 0 Å². The highest BCUT2D eigenvalue weighted by molar-refractivity contribution is 4.95. The Morgan fingerprint density at radius 3 is 2.79 bits per heavy atom. The fourth-order valence-corrected chi connectivity index (χ4v) is 1.63. The van der Waals surface area contributed by atoms with Crippen LogP contribution in [0.5, 0.6) is 0 Å². The van der Waals surface area contributed by atoms with E-state index in [1.165, 1.54) is 0 Å². The van der Waals surface area contributed by atoms with E-state index in [9.17, 15) is 0 Å². The Morgan fingerprint density at radius 1 is 1.37 bits per heavy atom. The minimum absolute atomic E-state index is 0.149. The molecule has 1 atom stereocenters. The maximum absolute atomic E-state index is 5.66. The van der Waals surface area contributed by atoms with Gasteiger partial charge in [-0.2, -0.15) is 4.98 Å². The van der Waals surface area contributed by atoms with E-state index < -0.39 is 0 Å². The van der Waals surface area contributed by atoms with E-state index in [2.05, 4.69) is 29.0 Å². The van der Waals surface area contributed by atoms with Crippen molar-refractivity contribution in [1.82, 2.24) is 19.7 Å². The summed E-state index contributed by atoms with van der Waals surface area (Å²) in [6.07, 6.45) is 3.49. The number of aromatic nitrogens is 4. The first-order valence-corrected chi connectivity index (χ1v) is 6.48. The topological polar surface area (TPSA) is 66.0 Å². The predicted molar refractivity (Wildman–Crippen MR) is 69.6 cm³/mol. The summed E-state index contributed by atoms with van der Waals surface area (Å²) in [5.74, 6) is 2.57. The fraction of sp³-hybridized carbons (Fsp3) is 0.615. The van der Waals surface area contributed by atoms with E-state index in [0.29, 0.717) is 30.8 Å². The Kier molecular flexibility index (Phi) is 4.31. The van der Waals surface area contributed by atoms with Crippen molar-refractivity contribution in [3.8, 4) is 0 Å². The lowest BCUT2D eigenvalue weighted by Gasteiger charge is -2.10. The van der Waals surface area contributed by atoms with Gasteiger partial charge in [0.15, 0.2) is 5.82 Å². The number of rotatable bonds is 6. The molecule has 2 aromatic rings. The van der Waals surface area contributed by atoms with Gasteiger partial charge < -0.3 is 13.8 Å². The molecule has 0 amide bonds. The quantitative estimate of drug-likeness (QED) is 0.801. The standard InChI is InChI=1S/C13H20N4O2/c1-9(2)8-18-10(3)13-15-12(19-16-13)7-17-6-5-14-11(17)4/h5-6,9-10H,7-8H2,1-4H3. The maximum atomic E-state index is 5.66. The third kappa shape index (κ3) is 3.64. The van der Waals surface area contributed by atoms with E-state index in [-0.39, 0.29) is 6.10 Å². The Bertz CT molecular complexity index is 518. The highest BCUT2D eigenvalue weighted by Gasteiger charge is 2.15. The monoisotopic (exact) mass is 264 g/mol. The van der Waals surface area contributed by atoms with Crippen LogP contribution in [0, 0.1) is 12.8 Å². The third-order valence-electron chi connectivity index (χ3n) is 2.76. The molecule has 1 unspecified atom stereocenters. The summed E-state index contributed by atoms with van der Waals surface area (Å²) in [5.41, 5.74) is 0. The van der Waals surface area contributed by atoms with Gasteiger partial charge in [-0.25, -0.2) is 4.98 Å². The van der Waals surface area contributed by atoms with Crippen molar-refractivity contribution in [2.24, 2.45) is 5.92 Å². The number of aryl methyl sites for hydroxylation is 1. The molecule has 0 saturated carbocycles. The van der Waals surface area contributed by atoms with Crippen molar-refractivity contribution in [3.05, 3.63) is 29.9 Å². The first-order chi connectivity index (χ1) is 9.06. The number of imidazole rings is 1. The summed E-state index contributed by atoms with van der Waals surface area (Å²) in [6.45, 7) is 9.30. The summed E-state index contributed by atoms with van der Waals surface area (Å²) in [7, 11) is 0. The van der Waals surface area contributed by atoms with Crippen LogP contribution in [0.3, 0.4) is 0 Å². The molecular formula is C13H20N4O2. The van der Waals surface area contributed by atoms with Crippen LogP contribution in [-0.2, 0) is 11.3 Å². The van der Waals surface area contributed by atoms with Crippen LogP contribution in [0.2, 0.25) is 0 Å². The molecule has 2 rings (SSSR count). The predicted octanol–water partition coefficient (Wildman–Crippen LogP) is 2.36. The summed E-state index contributed by atoms with van der Waals surface area (Å²) < 4.78 is 12.8. The molecule has 0 aromatic carbocycles. The van der Waals surface area contributed by atoms with Crippen LogP contribution in [0.15, 0.2) is 16.9 Å². The third-order valence-corrected chi connectivity index (χ3v) is 2.76. The van der Waals surface area contributed by atoms with Crippen LogP contribution in [0.4, 0.5) is 0 Å². The maximum Gasteiger partial charge on any atom is 0.246 e. The van der Waals surface area contributed by atoms with Gasteiger partial charge in [-0.15, -0.1) is 0 Å². The zero-order valence-electron chi connectivity index (χ0n) is 11.8. The molecule has 6 heteroatoms. The van der Waals surface area contributed by atoms with Gasteiger partial charge in [0.1, 0.15) is 18.5 Å². The van der Waals surface area contributed by atoms with Gasteiger partial charge in [-0.3, -0.25) is 0 Å². The van der Waals surface area contributed by atoms with E-state index in [0.717, 1.165) is 5.82 Å². The van der Waals surface area contributed by atoms with Crippen molar-refractivity contribution in [3.63, 3.8) is 0 Å². The average Bonchev–Trinajstić information content (AvgIpc) is 2.97. The number of hydrogen-bond acceptors (Lipinski definition) is 5. The van der Waals surface area contributed by atoms with Crippen LogP contribution in [0.1, 0.15) is 44.4 Å². The van der Waals surface area contributed by atoms with Crippen LogP contribution in [-0.4, -0.2) is 26.3 Å². The average molecular weight is 264 g/mol. The van der Waals surface area contributed by atoms with E-state index >= 15 is 0 Å². The second-order valence-corrected chi connectivity index (χ2v) is 5.02. The van der Waals surface area contributed by atoms with E-state index in [1.54, 1.807) is 6.20 Å². The minimum Gasteiger partial charge on any atom is -0.370 e. The summed E-state index contributed by atoms with van der Waals surface area (Å²) in [6, 6.07) is 0. The highest BCUT2D eigenvalue weighted by Crippen LogP contribution is 2.15. The van der Waals surface area contributed by atoms with Crippen molar-refractivity contribution in [1.29, 1.82) is 0 Å². The second-order valence-electron chi connectivity index (χ2n) is 5.02. The van der Waals surface area contributed by atoms with Gasteiger partial charge in [-0.1, -0.05) is 19.0 Å². The van der Waals surface area contributed by atoms with Crippen molar-refractivity contribution in [2.45, 2.75) is 40.3 Å². The van der Waals surface area contributed by atoms with Gasteiger partial charge in [0.2, 0.25) is 5.89 Å². The van der Waals surface area contributed by atoms with Gasteiger partial charge in [-0.05, 0) is 19.8 Å². The summed E-state index contributed by atoms with van der Waals surface area (Å²) >= 11 is 0. The van der Waals surface area contributed by atoms with Crippen molar-refractivity contribution >= 4 is 0 Å². The number of hydrogen-bond donors (Lipinski definition) is 0. The Balaban J connectivity index is 1.97. The van der Waals surface area contributed by atoms with Crippen LogP contribution >= 0.6 is 0 Å². The first kappa shape index (κ1) is 13.7.